The van der Waals surface area contributed by atoms with E-state index in [1.54, 1.807) is 12.3 Å². The Kier molecular flexibility index (Phi) is 6.90. The van der Waals surface area contributed by atoms with Gasteiger partial charge in [0.15, 0.2) is 0 Å². The number of cyclic esters (lactones) is 1. The zero-order chi connectivity index (χ0) is 20.8. The van der Waals surface area contributed by atoms with E-state index in [9.17, 15) is 9.59 Å². The minimum absolute atomic E-state index is 0.175. The summed E-state index contributed by atoms with van der Waals surface area (Å²) in [4.78, 5) is 31.3. The van der Waals surface area contributed by atoms with Crippen LogP contribution in [0.25, 0.3) is 0 Å². The fourth-order valence-corrected chi connectivity index (χ4v) is 3.77. The van der Waals surface area contributed by atoms with Crippen molar-refractivity contribution in [1.29, 1.82) is 0 Å². The largest absolute Gasteiger partial charge is 0.447 e. The van der Waals surface area contributed by atoms with Crippen LogP contribution in [0.2, 0.25) is 5.15 Å². The summed E-state index contributed by atoms with van der Waals surface area (Å²) in [6.45, 7) is 2.13. The third-order valence-corrected chi connectivity index (χ3v) is 5.53. The first kappa shape index (κ1) is 20.9. The summed E-state index contributed by atoms with van der Waals surface area (Å²) in [5.74, 6) is 1.70. The first-order chi connectivity index (χ1) is 14.0. The number of ether oxygens (including phenoxy) is 1. The summed E-state index contributed by atoms with van der Waals surface area (Å²) in [6, 6.07) is 13.0. The van der Waals surface area contributed by atoms with Crippen molar-refractivity contribution in [3.8, 4) is 12.3 Å². The Morgan fingerprint density at radius 1 is 1.34 bits per heavy atom. The van der Waals surface area contributed by atoms with Gasteiger partial charge < -0.3 is 4.74 Å². The third kappa shape index (κ3) is 4.96. The number of hydrogen-bond acceptors (Lipinski definition) is 4. The molecule has 0 saturated carbocycles. The lowest BCUT2D eigenvalue weighted by atomic mass is 9.84. The number of rotatable bonds is 7. The highest BCUT2D eigenvalue weighted by atomic mass is 35.5. The second-order valence-electron chi connectivity index (χ2n) is 7.18. The molecule has 1 aromatic carbocycles. The Balaban J connectivity index is 1.83. The van der Waals surface area contributed by atoms with Crippen LogP contribution in [0.1, 0.15) is 36.8 Å². The summed E-state index contributed by atoms with van der Waals surface area (Å²) >= 11 is 5.89. The highest BCUT2D eigenvalue weighted by Gasteiger charge is 2.42. The molecule has 3 atom stereocenters. The zero-order valence-corrected chi connectivity index (χ0v) is 17.0. The van der Waals surface area contributed by atoms with Gasteiger partial charge in [-0.25, -0.2) is 14.7 Å². The molecule has 1 aliphatic rings. The van der Waals surface area contributed by atoms with Crippen LogP contribution in [0.5, 0.6) is 0 Å². The molecule has 2 amide bonds. The van der Waals surface area contributed by atoms with Crippen LogP contribution in [0.4, 0.5) is 4.79 Å². The molecule has 1 saturated heterocycles. The molecule has 2 aromatic rings. The van der Waals surface area contributed by atoms with E-state index in [0.717, 1.165) is 11.1 Å². The van der Waals surface area contributed by atoms with E-state index >= 15 is 0 Å². The number of benzene rings is 1. The maximum absolute atomic E-state index is 13.5. The number of hydrogen-bond donors (Lipinski definition) is 0. The fourth-order valence-electron chi connectivity index (χ4n) is 3.66. The summed E-state index contributed by atoms with van der Waals surface area (Å²) in [5, 5.41) is 0.387. The predicted molar refractivity (Wildman–Crippen MR) is 111 cm³/mol. The summed E-state index contributed by atoms with van der Waals surface area (Å²) in [5.41, 5.74) is 1.92. The molecule has 2 heterocycles. The van der Waals surface area contributed by atoms with E-state index in [1.165, 1.54) is 4.90 Å². The van der Waals surface area contributed by atoms with Gasteiger partial charge in [0, 0.05) is 18.5 Å². The number of imide groups is 1. The average Bonchev–Trinajstić information content (AvgIpc) is 3.09. The minimum atomic E-state index is -0.594. The van der Waals surface area contributed by atoms with Gasteiger partial charge in [0.05, 0.1) is 6.04 Å². The molecule has 29 heavy (non-hydrogen) atoms. The zero-order valence-electron chi connectivity index (χ0n) is 16.3. The molecular formula is C23H23ClN2O3. The molecule has 1 aliphatic heterocycles. The number of amides is 2. The normalized spacial score (nSPS) is 18.0. The molecule has 1 fully saturated rings. The van der Waals surface area contributed by atoms with E-state index < -0.39 is 12.0 Å². The molecule has 0 unspecified atom stereocenters. The summed E-state index contributed by atoms with van der Waals surface area (Å²) < 4.78 is 5.22. The van der Waals surface area contributed by atoms with Crippen LogP contribution in [-0.2, 0) is 16.0 Å². The van der Waals surface area contributed by atoms with Crippen LogP contribution in [0.15, 0.2) is 48.7 Å². The SMILES string of the molecule is C#CCC[C@@H](C(=O)N1C(=O)OC[C@@H]1Cc1ccccc1)[C@H](C)c1ccc(Cl)nc1. The quantitative estimate of drug-likeness (QED) is 0.499. The lowest BCUT2D eigenvalue weighted by molar-refractivity contribution is -0.134. The first-order valence-corrected chi connectivity index (χ1v) is 9.97. The standard InChI is InChI=1S/C23H23ClN2O3/c1-3-4-10-20(16(2)18-11-12-21(24)25-14-18)22(27)26-19(15-29-23(26)28)13-17-8-6-5-7-9-17/h1,5-9,11-12,14,16,19-20H,4,10,13,15H2,2H3/t16-,19+,20-/m1/s1. The van der Waals surface area contributed by atoms with Crippen LogP contribution < -0.4 is 0 Å². The van der Waals surface area contributed by atoms with Crippen molar-refractivity contribution in [3.05, 3.63) is 64.9 Å². The number of nitrogens with zero attached hydrogens (tertiary/aromatic N) is 2. The van der Waals surface area contributed by atoms with Crippen LogP contribution in [0, 0.1) is 18.3 Å². The maximum atomic E-state index is 13.5. The predicted octanol–water partition coefficient (Wildman–Crippen LogP) is 4.46. The van der Waals surface area contributed by atoms with E-state index in [4.69, 9.17) is 22.8 Å². The number of pyridine rings is 1. The second kappa shape index (κ2) is 9.58. The summed E-state index contributed by atoms with van der Waals surface area (Å²) in [6.07, 6.45) is 7.98. The first-order valence-electron chi connectivity index (χ1n) is 9.60. The van der Waals surface area contributed by atoms with Gasteiger partial charge in [-0.1, -0.05) is 54.9 Å². The second-order valence-corrected chi connectivity index (χ2v) is 7.57. The van der Waals surface area contributed by atoms with Crippen molar-refractivity contribution in [1.82, 2.24) is 9.88 Å². The van der Waals surface area contributed by atoms with Crippen molar-refractivity contribution >= 4 is 23.6 Å². The van der Waals surface area contributed by atoms with Crippen molar-refractivity contribution in [2.75, 3.05) is 6.61 Å². The highest BCUT2D eigenvalue weighted by Crippen LogP contribution is 2.32. The molecular weight excluding hydrogens is 388 g/mol. The molecule has 0 spiro atoms. The van der Waals surface area contributed by atoms with E-state index in [1.807, 2.05) is 43.3 Å². The molecule has 6 heteroatoms. The Hall–Kier alpha value is -2.84. The van der Waals surface area contributed by atoms with Gasteiger partial charge in [0.25, 0.3) is 0 Å². The monoisotopic (exact) mass is 410 g/mol. The molecule has 3 rings (SSSR count). The average molecular weight is 411 g/mol. The van der Waals surface area contributed by atoms with Gasteiger partial charge in [0.2, 0.25) is 5.91 Å². The Bertz CT molecular complexity index is 893. The number of carbonyl (C=O) groups is 2. The molecule has 0 radical (unpaired) electrons. The van der Waals surface area contributed by atoms with Gasteiger partial charge >= 0.3 is 6.09 Å². The molecule has 1 aromatic heterocycles. The lowest BCUT2D eigenvalue weighted by Gasteiger charge is -2.28. The van der Waals surface area contributed by atoms with Crippen molar-refractivity contribution in [2.45, 2.75) is 38.1 Å². The number of carbonyl (C=O) groups excluding carboxylic acids is 2. The number of halogens is 1. The van der Waals surface area contributed by atoms with Gasteiger partial charge in [-0.3, -0.25) is 4.79 Å². The van der Waals surface area contributed by atoms with Gasteiger partial charge in [-0.05, 0) is 36.0 Å². The minimum Gasteiger partial charge on any atom is -0.447 e. The Labute approximate surface area is 176 Å². The number of terminal acetylenes is 1. The maximum Gasteiger partial charge on any atom is 0.416 e. The fraction of sp³-hybridized carbons (Fsp3) is 0.348. The smallest absolute Gasteiger partial charge is 0.416 e. The van der Waals surface area contributed by atoms with Crippen LogP contribution in [-0.4, -0.2) is 34.5 Å². The lowest BCUT2D eigenvalue weighted by Crippen LogP contribution is -2.44. The number of aromatic nitrogens is 1. The molecule has 0 N–H and O–H groups in total. The van der Waals surface area contributed by atoms with Crippen molar-refractivity contribution < 1.29 is 14.3 Å². The van der Waals surface area contributed by atoms with Gasteiger partial charge in [-0.15, -0.1) is 12.3 Å². The topological polar surface area (TPSA) is 59.5 Å². The Morgan fingerprint density at radius 3 is 2.76 bits per heavy atom. The molecule has 0 bridgehead atoms. The molecule has 5 nitrogen and oxygen atoms in total. The summed E-state index contributed by atoms with van der Waals surface area (Å²) in [7, 11) is 0. The third-order valence-electron chi connectivity index (χ3n) is 5.31. The van der Waals surface area contributed by atoms with E-state index in [2.05, 4.69) is 10.9 Å². The van der Waals surface area contributed by atoms with Gasteiger partial charge in [0.1, 0.15) is 11.8 Å². The van der Waals surface area contributed by atoms with Crippen LogP contribution in [0.3, 0.4) is 0 Å². The van der Waals surface area contributed by atoms with E-state index in [0.29, 0.717) is 24.4 Å². The van der Waals surface area contributed by atoms with Crippen molar-refractivity contribution in [3.63, 3.8) is 0 Å². The van der Waals surface area contributed by atoms with Crippen molar-refractivity contribution in [2.24, 2.45) is 5.92 Å². The van der Waals surface area contributed by atoms with Gasteiger partial charge in [-0.2, -0.15) is 0 Å². The Morgan fingerprint density at radius 2 is 2.10 bits per heavy atom. The van der Waals surface area contributed by atoms with Crippen LogP contribution >= 0.6 is 11.6 Å². The van der Waals surface area contributed by atoms with E-state index in [-0.39, 0.29) is 24.5 Å². The highest BCUT2D eigenvalue weighted by molar-refractivity contribution is 6.29. The molecule has 150 valence electrons. The molecule has 0 aliphatic carbocycles.